The van der Waals surface area contributed by atoms with Crippen LogP contribution in [0.4, 0.5) is 0 Å². The van der Waals surface area contributed by atoms with E-state index in [1.54, 1.807) is 13.2 Å². The minimum atomic E-state index is 0. The first kappa shape index (κ1) is 19.3. The molecule has 140 valence electrons. The van der Waals surface area contributed by atoms with Crippen LogP contribution >= 0.6 is 15.9 Å². The molecule has 26 heavy (non-hydrogen) atoms. The molecule has 3 heterocycles. The number of aromatic nitrogens is 1. The highest BCUT2D eigenvalue weighted by Crippen LogP contribution is 2.35. The fourth-order valence-corrected chi connectivity index (χ4v) is 4.93. The van der Waals surface area contributed by atoms with E-state index in [-0.39, 0.29) is 23.7 Å². The van der Waals surface area contributed by atoms with E-state index in [2.05, 4.69) is 22.0 Å². The summed E-state index contributed by atoms with van der Waals surface area (Å²) in [6.07, 6.45) is 1.18. The summed E-state index contributed by atoms with van der Waals surface area (Å²) >= 11 is 3.40. The predicted molar refractivity (Wildman–Crippen MR) is 98.3 cm³/mol. The molecule has 2 bridgehead atoms. The average molecular weight is 442 g/mol. The molecule has 5 nitrogen and oxygen atoms in total. The Morgan fingerprint density at radius 2 is 2.15 bits per heavy atom. The number of piperidine rings is 1. The lowest BCUT2D eigenvalue weighted by atomic mass is 9.83. The summed E-state index contributed by atoms with van der Waals surface area (Å²) in [6.45, 7) is 3.82. The average Bonchev–Trinajstić information content (AvgIpc) is 2.59. The second kappa shape index (κ2) is 7.62. The van der Waals surface area contributed by atoms with E-state index in [1.807, 2.05) is 22.8 Å². The zero-order valence-corrected chi connectivity index (χ0v) is 16.9. The predicted octanol–water partition coefficient (Wildman–Crippen LogP) is -1.47. The number of methoxy groups -OCH3 is 1. The van der Waals surface area contributed by atoms with Gasteiger partial charge in [-0.1, -0.05) is 6.07 Å². The van der Waals surface area contributed by atoms with Crippen LogP contribution in [0.5, 0.6) is 11.5 Å². The lowest BCUT2D eigenvalue weighted by molar-refractivity contribution is -0.924. The third-order valence-corrected chi connectivity index (χ3v) is 6.04. The van der Waals surface area contributed by atoms with E-state index in [4.69, 9.17) is 4.74 Å². The highest BCUT2D eigenvalue weighted by atomic mass is 79.9. The van der Waals surface area contributed by atoms with Gasteiger partial charge in [0.25, 0.3) is 5.56 Å². The van der Waals surface area contributed by atoms with Gasteiger partial charge in [-0.05, 0) is 40.5 Å². The molecular weight excluding hydrogens is 420 g/mol. The highest BCUT2D eigenvalue weighted by Gasteiger charge is 2.37. The van der Waals surface area contributed by atoms with Crippen LogP contribution in [-0.2, 0) is 13.1 Å². The van der Waals surface area contributed by atoms with E-state index in [1.165, 1.54) is 17.0 Å². The van der Waals surface area contributed by atoms with E-state index in [0.29, 0.717) is 22.1 Å². The number of phenolic OH excluding ortho intramolecular Hbond substituents is 1. The number of pyridine rings is 1. The standard InChI is InChI=1S/C19H21BrN2O3.ClH/c1-25-17-7-12(6-15(20)19(17)24)8-21-9-13-5-14(11-21)16-3-2-4-18(23)22(16)10-13;/h2-4,6-7,13-14,24H,5,8-11H2,1H3;1H/t13-,14?;/m1./s1. The van der Waals surface area contributed by atoms with Crippen molar-refractivity contribution in [3.8, 4) is 11.5 Å². The first-order valence-electron chi connectivity index (χ1n) is 8.64. The summed E-state index contributed by atoms with van der Waals surface area (Å²) in [6, 6.07) is 9.52. The Morgan fingerprint density at radius 3 is 2.92 bits per heavy atom. The SMILES string of the molecule is COc1cc(C[NH+]2CC3C[C@@H](Cn4c3cccc4=O)C2)cc(Br)c1O.[Cl-]. The summed E-state index contributed by atoms with van der Waals surface area (Å²) < 4.78 is 7.89. The van der Waals surface area contributed by atoms with Crippen LogP contribution in [0.2, 0.25) is 0 Å². The van der Waals surface area contributed by atoms with Gasteiger partial charge in [0, 0.05) is 35.7 Å². The minimum Gasteiger partial charge on any atom is -1.00 e. The van der Waals surface area contributed by atoms with Crippen molar-refractivity contribution in [1.82, 2.24) is 4.57 Å². The van der Waals surface area contributed by atoms with Crippen LogP contribution in [0.3, 0.4) is 0 Å². The summed E-state index contributed by atoms with van der Waals surface area (Å²) in [7, 11) is 1.57. The van der Waals surface area contributed by atoms with Gasteiger partial charge in [0.15, 0.2) is 11.5 Å². The molecule has 1 fully saturated rings. The van der Waals surface area contributed by atoms with Crippen LogP contribution in [-0.4, -0.2) is 29.9 Å². The topological polar surface area (TPSA) is 55.9 Å². The largest absolute Gasteiger partial charge is 1.00 e. The first-order valence-corrected chi connectivity index (χ1v) is 9.43. The molecule has 7 heteroatoms. The highest BCUT2D eigenvalue weighted by molar-refractivity contribution is 9.10. The zero-order chi connectivity index (χ0) is 17.6. The number of hydrogen-bond donors (Lipinski definition) is 2. The number of halogens is 2. The third-order valence-electron chi connectivity index (χ3n) is 5.44. The number of ether oxygens (including phenoxy) is 1. The summed E-state index contributed by atoms with van der Waals surface area (Å²) in [5.74, 6) is 1.63. The van der Waals surface area contributed by atoms with E-state index < -0.39 is 0 Å². The Kier molecular flexibility index (Phi) is 5.65. The van der Waals surface area contributed by atoms with Crippen molar-refractivity contribution in [3.05, 3.63) is 56.4 Å². The molecule has 4 rings (SSSR count). The van der Waals surface area contributed by atoms with Crippen LogP contribution in [0.15, 0.2) is 39.6 Å². The Balaban J connectivity index is 0.00000196. The number of quaternary nitrogens is 1. The molecule has 0 amide bonds. The lowest BCUT2D eigenvalue weighted by Gasteiger charge is -2.40. The number of fused-ring (bicyclic) bond motifs is 4. The molecular formula is C19H22BrClN2O3. The van der Waals surface area contributed by atoms with Gasteiger partial charge in [0.1, 0.15) is 6.54 Å². The van der Waals surface area contributed by atoms with Gasteiger partial charge in [-0.15, -0.1) is 0 Å². The van der Waals surface area contributed by atoms with Gasteiger partial charge < -0.3 is 31.7 Å². The molecule has 1 aromatic carbocycles. The molecule has 0 radical (unpaired) electrons. The maximum atomic E-state index is 12.1. The van der Waals surface area contributed by atoms with Crippen molar-refractivity contribution in [2.75, 3.05) is 20.2 Å². The number of aromatic hydroxyl groups is 1. The van der Waals surface area contributed by atoms with Crippen molar-refractivity contribution >= 4 is 15.9 Å². The van der Waals surface area contributed by atoms with Crippen molar-refractivity contribution < 1.29 is 27.2 Å². The molecule has 0 saturated carbocycles. The van der Waals surface area contributed by atoms with Crippen LogP contribution in [0.25, 0.3) is 0 Å². The van der Waals surface area contributed by atoms with Gasteiger partial charge in [0.05, 0.1) is 24.7 Å². The number of nitrogens with one attached hydrogen (secondary N) is 1. The number of phenols is 1. The summed E-state index contributed by atoms with van der Waals surface area (Å²) in [5, 5.41) is 9.98. The molecule has 1 aromatic heterocycles. The summed E-state index contributed by atoms with van der Waals surface area (Å²) in [5.41, 5.74) is 2.45. The molecule has 2 aromatic rings. The Morgan fingerprint density at radius 1 is 1.35 bits per heavy atom. The second-order valence-corrected chi connectivity index (χ2v) is 8.02. The van der Waals surface area contributed by atoms with Gasteiger partial charge >= 0.3 is 0 Å². The zero-order valence-electron chi connectivity index (χ0n) is 14.5. The Hall–Kier alpha value is -1.50. The van der Waals surface area contributed by atoms with E-state index in [9.17, 15) is 9.90 Å². The maximum absolute atomic E-state index is 12.1. The van der Waals surface area contributed by atoms with Gasteiger partial charge in [-0.25, -0.2) is 0 Å². The second-order valence-electron chi connectivity index (χ2n) is 7.16. The van der Waals surface area contributed by atoms with Crippen molar-refractivity contribution in [1.29, 1.82) is 0 Å². The van der Waals surface area contributed by atoms with Crippen LogP contribution < -0.4 is 27.6 Å². The molecule has 2 unspecified atom stereocenters. The molecule has 2 N–H and O–H groups in total. The monoisotopic (exact) mass is 440 g/mol. The van der Waals surface area contributed by atoms with Crippen molar-refractivity contribution in [3.63, 3.8) is 0 Å². The molecule has 1 saturated heterocycles. The van der Waals surface area contributed by atoms with Crippen LogP contribution in [0.1, 0.15) is 23.6 Å². The number of nitrogens with zero attached hydrogens (tertiary/aromatic N) is 1. The summed E-state index contributed by atoms with van der Waals surface area (Å²) in [4.78, 5) is 13.6. The van der Waals surface area contributed by atoms with Gasteiger partial charge in [0.2, 0.25) is 0 Å². The maximum Gasteiger partial charge on any atom is 0.250 e. The smallest absolute Gasteiger partial charge is 0.250 e. The number of rotatable bonds is 3. The third kappa shape index (κ3) is 3.50. The molecule has 2 aliphatic heterocycles. The number of hydrogen-bond acceptors (Lipinski definition) is 3. The van der Waals surface area contributed by atoms with Gasteiger partial charge in [-0.3, -0.25) is 4.79 Å². The minimum absolute atomic E-state index is 0. The number of likely N-dealkylation sites (tertiary alicyclic amines) is 1. The molecule has 3 atom stereocenters. The van der Waals surface area contributed by atoms with Crippen LogP contribution in [0, 0.1) is 5.92 Å². The number of benzene rings is 1. The van der Waals surface area contributed by atoms with Crippen molar-refractivity contribution in [2.24, 2.45) is 5.92 Å². The molecule has 0 spiro atoms. The first-order chi connectivity index (χ1) is 12.0. The Labute approximate surface area is 167 Å². The Bertz CT molecular complexity index is 870. The molecule has 0 aliphatic carbocycles. The lowest BCUT2D eigenvalue weighted by Crippen LogP contribution is -3.13. The van der Waals surface area contributed by atoms with E-state index >= 15 is 0 Å². The normalized spacial score (nSPS) is 23.7. The fourth-order valence-electron chi connectivity index (χ4n) is 4.44. The fraction of sp³-hybridized carbons (Fsp3) is 0.421. The molecule has 2 aliphatic rings. The quantitative estimate of drug-likeness (QED) is 0.612. The van der Waals surface area contributed by atoms with Crippen molar-refractivity contribution in [2.45, 2.75) is 25.4 Å². The van der Waals surface area contributed by atoms with E-state index in [0.717, 1.165) is 31.7 Å². The van der Waals surface area contributed by atoms with Gasteiger partial charge in [-0.2, -0.15) is 0 Å².